The molecule has 3 heterocycles. The third-order valence-electron chi connectivity index (χ3n) is 6.44. The molecule has 1 saturated heterocycles. The van der Waals surface area contributed by atoms with Crippen molar-refractivity contribution in [2.75, 3.05) is 42.9 Å². The van der Waals surface area contributed by atoms with E-state index >= 15 is 0 Å². The van der Waals surface area contributed by atoms with Gasteiger partial charge in [0.25, 0.3) is 5.56 Å². The van der Waals surface area contributed by atoms with Crippen molar-refractivity contribution in [2.45, 2.75) is 17.9 Å². The molecule has 5 rings (SSSR count). The van der Waals surface area contributed by atoms with Crippen molar-refractivity contribution in [1.82, 2.24) is 23.6 Å². The minimum absolute atomic E-state index is 0.0553. The molecule has 0 amide bonds. The summed E-state index contributed by atoms with van der Waals surface area (Å²) in [7, 11) is -3.75. The highest BCUT2D eigenvalue weighted by molar-refractivity contribution is 7.89. The predicted octanol–water partition coefficient (Wildman–Crippen LogP) is 2.58. The van der Waals surface area contributed by atoms with Gasteiger partial charge in [0.2, 0.25) is 10.0 Å². The normalized spacial score (nSPS) is 14.5. The summed E-state index contributed by atoms with van der Waals surface area (Å²) in [5, 5.41) is 7.73. The first-order valence-electron chi connectivity index (χ1n) is 12.3. The number of nitrogens with zero attached hydrogens (tertiary/aromatic N) is 6. The molecule has 198 valence electrons. The topological polar surface area (TPSA) is 105 Å². The molecule has 0 radical (unpaired) electrons. The van der Waals surface area contributed by atoms with E-state index in [1.165, 1.54) is 21.1 Å². The summed E-state index contributed by atoms with van der Waals surface area (Å²) < 4.78 is 44.1. The highest BCUT2D eigenvalue weighted by Gasteiger charge is 2.30. The lowest BCUT2D eigenvalue weighted by Gasteiger charge is -2.36. The maximum atomic E-state index is 13.6. The molecule has 38 heavy (non-hydrogen) atoms. The second-order valence-corrected chi connectivity index (χ2v) is 10.8. The average molecular weight is 538 g/mol. The van der Waals surface area contributed by atoms with Gasteiger partial charge in [-0.15, -0.1) is 0 Å². The Morgan fingerprint density at radius 2 is 1.71 bits per heavy atom. The molecule has 1 aliphatic rings. The van der Waals surface area contributed by atoms with Crippen LogP contribution < -0.4 is 15.8 Å². The van der Waals surface area contributed by atoms with Crippen molar-refractivity contribution >= 4 is 21.4 Å². The van der Waals surface area contributed by atoms with Crippen LogP contribution in [0.4, 0.5) is 15.8 Å². The van der Waals surface area contributed by atoms with E-state index in [4.69, 9.17) is 0 Å². The van der Waals surface area contributed by atoms with Crippen LogP contribution in [0.15, 0.2) is 89.2 Å². The van der Waals surface area contributed by atoms with Gasteiger partial charge in [-0.05, 0) is 42.8 Å². The van der Waals surface area contributed by atoms with Crippen LogP contribution in [0.2, 0.25) is 0 Å². The van der Waals surface area contributed by atoms with Gasteiger partial charge in [-0.25, -0.2) is 17.8 Å². The number of para-hydroxylation sites is 1. The zero-order chi connectivity index (χ0) is 26.5. The summed E-state index contributed by atoms with van der Waals surface area (Å²) >= 11 is 0. The molecule has 0 saturated carbocycles. The number of anilines is 2. The third kappa shape index (κ3) is 5.46. The second-order valence-electron chi connectivity index (χ2n) is 8.88. The predicted molar refractivity (Wildman–Crippen MR) is 143 cm³/mol. The molecule has 1 fully saturated rings. The smallest absolute Gasteiger partial charge is 0.296 e. The second kappa shape index (κ2) is 11.2. The van der Waals surface area contributed by atoms with Gasteiger partial charge >= 0.3 is 0 Å². The number of nitrogens with one attached hydrogen (secondary N) is 1. The van der Waals surface area contributed by atoms with Crippen LogP contribution >= 0.6 is 0 Å². The Bertz CT molecular complexity index is 1520. The van der Waals surface area contributed by atoms with Gasteiger partial charge < -0.3 is 14.8 Å². The fourth-order valence-corrected chi connectivity index (χ4v) is 5.85. The number of aryl methyl sites for hydroxylation is 1. The number of hydrogen-bond donors (Lipinski definition) is 1. The van der Waals surface area contributed by atoms with Crippen LogP contribution in [0, 0.1) is 5.82 Å². The Morgan fingerprint density at radius 1 is 0.974 bits per heavy atom. The Morgan fingerprint density at radius 3 is 2.39 bits per heavy atom. The van der Waals surface area contributed by atoms with E-state index in [1.54, 1.807) is 18.7 Å². The van der Waals surface area contributed by atoms with Crippen LogP contribution in [-0.4, -0.2) is 64.8 Å². The van der Waals surface area contributed by atoms with Gasteiger partial charge in [0.05, 0.1) is 28.8 Å². The van der Waals surface area contributed by atoms with Crippen LogP contribution in [0.25, 0.3) is 5.69 Å². The van der Waals surface area contributed by atoms with Gasteiger partial charge in [0, 0.05) is 51.7 Å². The minimum Gasteiger partial charge on any atom is -0.379 e. The molecule has 0 aliphatic carbocycles. The van der Waals surface area contributed by atoms with E-state index < -0.39 is 15.8 Å². The van der Waals surface area contributed by atoms with Crippen molar-refractivity contribution in [3.8, 4) is 5.69 Å². The highest BCUT2D eigenvalue weighted by Crippen LogP contribution is 2.25. The number of piperazine rings is 1. The first-order chi connectivity index (χ1) is 18.4. The number of rotatable bonds is 9. The summed E-state index contributed by atoms with van der Waals surface area (Å²) in [5.74, 6) is -0.489. The van der Waals surface area contributed by atoms with Gasteiger partial charge in [-0.2, -0.15) is 14.1 Å². The molecule has 0 atom stereocenters. The number of benzene rings is 2. The van der Waals surface area contributed by atoms with E-state index in [0.717, 1.165) is 25.1 Å². The number of hydrogen-bond acceptors (Lipinski definition) is 7. The molecular weight excluding hydrogens is 509 g/mol. The summed E-state index contributed by atoms with van der Waals surface area (Å²) in [6.45, 7) is 2.50. The quantitative estimate of drug-likeness (QED) is 0.327. The van der Waals surface area contributed by atoms with Crippen LogP contribution in [0.3, 0.4) is 0 Å². The molecule has 2 aromatic carbocycles. The Labute approximate surface area is 220 Å². The maximum Gasteiger partial charge on any atom is 0.296 e. The number of imidazole rings is 1. The first-order valence-corrected chi connectivity index (χ1v) is 13.8. The largest absolute Gasteiger partial charge is 0.379 e. The van der Waals surface area contributed by atoms with Crippen LogP contribution in [-0.2, 0) is 16.6 Å². The zero-order valence-corrected chi connectivity index (χ0v) is 21.5. The van der Waals surface area contributed by atoms with Crippen LogP contribution in [0.1, 0.15) is 6.42 Å². The highest BCUT2D eigenvalue weighted by atomic mass is 32.2. The number of aromatic nitrogens is 4. The fraction of sp³-hybridized carbons (Fsp3) is 0.269. The Balaban J connectivity index is 1.35. The molecular formula is C26H28FN7O3S. The minimum atomic E-state index is -3.75. The standard InChI is InChI=1S/C26H28FN7O3S/c27-21-7-9-23(10-8-21)38(36,37)33-17-15-32(16-18-33)24-19-30-34(22-5-2-1-3-6-22)26(35)25(24)29-11-4-13-31-14-12-28-20-31/h1-3,5-10,12,14,19-20,29H,4,11,13,15-18H2. The van der Waals surface area contributed by atoms with Crippen molar-refractivity contribution in [1.29, 1.82) is 0 Å². The molecule has 1 aliphatic heterocycles. The van der Waals surface area contributed by atoms with E-state index in [9.17, 15) is 17.6 Å². The van der Waals surface area contributed by atoms with E-state index in [-0.39, 0.29) is 23.5 Å². The zero-order valence-electron chi connectivity index (χ0n) is 20.6. The molecule has 4 aromatic rings. The third-order valence-corrected chi connectivity index (χ3v) is 8.36. The van der Waals surface area contributed by atoms with Crippen molar-refractivity contribution in [2.24, 2.45) is 0 Å². The lowest BCUT2D eigenvalue weighted by molar-refractivity contribution is 0.384. The molecule has 10 nitrogen and oxygen atoms in total. The monoisotopic (exact) mass is 537 g/mol. The maximum absolute atomic E-state index is 13.6. The van der Waals surface area contributed by atoms with Crippen molar-refractivity contribution in [3.05, 3.63) is 95.7 Å². The summed E-state index contributed by atoms with van der Waals surface area (Å²) in [4.78, 5) is 19.6. The Kier molecular flexibility index (Phi) is 7.52. The van der Waals surface area contributed by atoms with Crippen molar-refractivity contribution < 1.29 is 12.8 Å². The fourth-order valence-electron chi connectivity index (χ4n) is 4.42. The van der Waals surface area contributed by atoms with Crippen LogP contribution in [0.5, 0.6) is 0 Å². The summed E-state index contributed by atoms with van der Waals surface area (Å²) in [6.07, 6.45) is 7.78. The van der Waals surface area contributed by atoms with Gasteiger partial charge in [0.15, 0.2) is 0 Å². The molecule has 0 bridgehead atoms. The van der Waals surface area contributed by atoms with Gasteiger partial charge in [-0.3, -0.25) is 4.79 Å². The molecule has 0 unspecified atom stereocenters. The first kappa shape index (κ1) is 25.6. The molecule has 0 spiro atoms. The summed E-state index contributed by atoms with van der Waals surface area (Å²) in [6, 6.07) is 14.0. The average Bonchev–Trinajstić information content (AvgIpc) is 3.46. The van der Waals surface area contributed by atoms with Crippen molar-refractivity contribution in [3.63, 3.8) is 0 Å². The molecule has 1 N–H and O–H groups in total. The SMILES string of the molecule is O=c1c(NCCCn2ccnc2)c(N2CCN(S(=O)(=O)c3ccc(F)cc3)CC2)cnn1-c1ccccc1. The van der Waals surface area contributed by atoms with Gasteiger partial charge in [0.1, 0.15) is 11.5 Å². The summed E-state index contributed by atoms with van der Waals surface area (Å²) in [5.41, 5.74) is 1.42. The Hall–Kier alpha value is -4.03. The lowest BCUT2D eigenvalue weighted by Crippen LogP contribution is -2.49. The number of sulfonamides is 1. The number of halogens is 1. The van der Waals surface area contributed by atoms with E-state index in [2.05, 4.69) is 15.4 Å². The van der Waals surface area contributed by atoms with E-state index in [0.29, 0.717) is 36.7 Å². The lowest BCUT2D eigenvalue weighted by atomic mass is 10.2. The molecule has 2 aromatic heterocycles. The van der Waals surface area contributed by atoms with Gasteiger partial charge in [-0.1, -0.05) is 18.2 Å². The van der Waals surface area contributed by atoms with E-state index in [1.807, 2.05) is 46.0 Å². The molecule has 12 heteroatoms.